The molecule has 154 valence electrons. The van der Waals surface area contributed by atoms with Crippen molar-refractivity contribution < 1.29 is 14.3 Å². The largest absolute Gasteiger partial charge is 0.473 e. The summed E-state index contributed by atoms with van der Waals surface area (Å²) in [5.41, 5.74) is 0. The highest BCUT2D eigenvalue weighted by molar-refractivity contribution is 5.79. The predicted octanol–water partition coefficient (Wildman–Crippen LogP) is 1.29. The normalized spacial score (nSPS) is 18.7. The van der Waals surface area contributed by atoms with Crippen molar-refractivity contribution in [2.75, 3.05) is 26.2 Å². The fourth-order valence-corrected chi connectivity index (χ4v) is 3.97. The van der Waals surface area contributed by atoms with Crippen molar-refractivity contribution in [3.63, 3.8) is 0 Å². The van der Waals surface area contributed by atoms with Gasteiger partial charge in [-0.05, 0) is 25.0 Å². The molecule has 4 rings (SSSR count). The molecule has 0 aliphatic carbocycles. The summed E-state index contributed by atoms with van der Waals surface area (Å²) in [6.07, 6.45) is 6.60. The van der Waals surface area contributed by atoms with E-state index in [0.29, 0.717) is 37.9 Å². The second-order valence-corrected chi connectivity index (χ2v) is 7.60. The number of rotatable bonds is 4. The van der Waals surface area contributed by atoms with Crippen LogP contribution < -0.4 is 4.74 Å². The average molecular weight is 398 g/mol. The Kier molecular flexibility index (Phi) is 5.73. The van der Waals surface area contributed by atoms with Crippen LogP contribution in [0.2, 0.25) is 0 Å². The molecule has 2 aromatic heterocycles. The molecule has 0 radical (unpaired) electrons. The summed E-state index contributed by atoms with van der Waals surface area (Å²) in [5.74, 6) is 1.47. The van der Waals surface area contributed by atoms with Crippen LogP contribution in [-0.2, 0) is 9.59 Å². The van der Waals surface area contributed by atoms with E-state index in [0.717, 1.165) is 25.7 Å². The van der Waals surface area contributed by atoms with E-state index in [9.17, 15) is 9.59 Å². The van der Waals surface area contributed by atoms with Gasteiger partial charge >= 0.3 is 0 Å². The lowest BCUT2D eigenvalue weighted by Gasteiger charge is -2.37. The van der Waals surface area contributed by atoms with Crippen LogP contribution in [0, 0.1) is 5.92 Å². The minimum absolute atomic E-state index is 0.0310. The Morgan fingerprint density at radius 3 is 2.31 bits per heavy atom. The van der Waals surface area contributed by atoms with E-state index in [1.54, 1.807) is 30.1 Å². The monoisotopic (exact) mass is 398 g/mol. The quantitative estimate of drug-likeness (QED) is 0.770. The van der Waals surface area contributed by atoms with E-state index in [-0.39, 0.29) is 23.8 Å². The first-order valence-electron chi connectivity index (χ1n) is 10.1. The fourth-order valence-electron chi connectivity index (χ4n) is 3.97. The van der Waals surface area contributed by atoms with Gasteiger partial charge in [-0.25, -0.2) is 4.68 Å². The van der Waals surface area contributed by atoms with Crippen LogP contribution in [0.5, 0.6) is 5.88 Å². The van der Waals surface area contributed by atoms with Gasteiger partial charge in [0.1, 0.15) is 6.10 Å². The van der Waals surface area contributed by atoms with Gasteiger partial charge in [-0.2, -0.15) is 5.10 Å². The number of hydrogen-bond acceptors (Lipinski definition) is 6. The van der Waals surface area contributed by atoms with Gasteiger partial charge < -0.3 is 14.5 Å². The number of carbonyl (C=O) groups is 2. The molecule has 9 heteroatoms. The summed E-state index contributed by atoms with van der Waals surface area (Å²) in [4.78, 5) is 28.0. The maximum Gasteiger partial charge on any atom is 0.233 e. The molecule has 0 spiro atoms. The Morgan fingerprint density at radius 2 is 1.72 bits per heavy atom. The molecule has 4 heterocycles. The molecule has 2 aliphatic heterocycles. The van der Waals surface area contributed by atoms with E-state index in [1.165, 1.54) is 0 Å². The molecule has 0 bridgehead atoms. The van der Waals surface area contributed by atoms with Crippen molar-refractivity contribution >= 4 is 11.8 Å². The van der Waals surface area contributed by atoms with Crippen LogP contribution in [-0.4, -0.2) is 73.9 Å². The van der Waals surface area contributed by atoms with E-state index >= 15 is 0 Å². The van der Waals surface area contributed by atoms with Crippen molar-refractivity contribution in [2.24, 2.45) is 5.92 Å². The lowest BCUT2D eigenvalue weighted by molar-refractivity contribution is -0.141. The summed E-state index contributed by atoms with van der Waals surface area (Å²) in [5, 5.41) is 12.4. The fraction of sp³-hybridized carbons (Fsp3) is 0.550. The van der Waals surface area contributed by atoms with E-state index < -0.39 is 0 Å². The Morgan fingerprint density at radius 1 is 1.00 bits per heavy atom. The summed E-state index contributed by atoms with van der Waals surface area (Å²) < 4.78 is 7.60. The molecule has 2 aliphatic rings. The third kappa shape index (κ3) is 4.55. The molecule has 0 aromatic carbocycles. The van der Waals surface area contributed by atoms with Crippen molar-refractivity contribution in [3.05, 3.63) is 30.6 Å². The number of likely N-dealkylation sites (tertiary alicyclic amines) is 2. The summed E-state index contributed by atoms with van der Waals surface area (Å²) in [6, 6.07) is 5.44. The standard InChI is InChI=1S/C20H26N6O3/c1-15(27)24-11-5-16(6-12-24)20(28)25-13-7-17(8-14-25)29-19-4-3-18(22-23-19)26-10-2-9-21-26/h2-4,9-10,16-17H,5-8,11-14H2,1H3. The number of piperidine rings is 2. The Hall–Kier alpha value is -2.97. The van der Waals surface area contributed by atoms with Crippen LogP contribution in [0.1, 0.15) is 32.6 Å². The molecular formula is C20H26N6O3. The second kappa shape index (κ2) is 8.59. The van der Waals surface area contributed by atoms with E-state index in [2.05, 4.69) is 15.3 Å². The molecule has 9 nitrogen and oxygen atoms in total. The first kappa shape index (κ1) is 19.4. The molecule has 2 fully saturated rings. The van der Waals surface area contributed by atoms with Gasteiger partial charge in [-0.1, -0.05) is 0 Å². The van der Waals surface area contributed by atoms with Crippen LogP contribution in [0.4, 0.5) is 0 Å². The van der Waals surface area contributed by atoms with Crippen LogP contribution in [0.15, 0.2) is 30.6 Å². The van der Waals surface area contributed by atoms with E-state index in [4.69, 9.17) is 4.74 Å². The number of aromatic nitrogens is 4. The Labute approximate surface area is 169 Å². The highest BCUT2D eigenvalue weighted by atomic mass is 16.5. The van der Waals surface area contributed by atoms with Gasteiger partial charge in [-0.3, -0.25) is 9.59 Å². The van der Waals surface area contributed by atoms with Crippen molar-refractivity contribution in [3.8, 4) is 11.7 Å². The molecule has 0 unspecified atom stereocenters. The molecule has 0 atom stereocenters. The number of ether oxygens (including phenoxy) is 1. The van der Waals surface area contributed by atoms with Crippen LogP contribution >= 0.6 is 0 Å². The van der Waals surface area contributed by atoms with E-state index in [1.807, 2.05) is 21.9 Å². The van der Waals surface area contributed by atoms with Gasteiger partial charge in [0.2, 0.25) is 17.7 Å². The molecule has 2 amide bonds. The van der Waals surface area contributed by atoms with Crippen molar-refractivity contribution in [1.29, 1.82) is 0 Å². The summed E-state index contributed by atoms with van der Waals surface area (Å²) in [6.45, 7) is 4.32. The highest BCUT2D eigenvalue weighted by Crippen LogP contribution is 2.23. The lowest BCUT2D eigenvalue weighted by Crippen LogP contribution is -2.47. The zero-order valence-electron chi connectivity index (χ0n) is 16.6. The molecule has 2 aromatic rings. The van der Waals surface area contributed by atoms with Gasteiger partial charge in [0.15, 0.2) is 5.82 Å². The zero-order chi connectivity index (χ0) is 20.2. The number of amides is 2. The zero-order valence-corrected chi connectivity index (χ0v) is 16.6. The van der Waals surface area contributed by atoms with Crippen molar-refractivity contribution in [1.82, 2.24) is 29.8 Å². The second-order valence-electron chi connectivity index (χ2n) is 7.60. The summed E-state index contributed by atoms with van der Waals surface area (Å²) in [7, 11) is 0. The Bertz CT molecular complexity index is 822. The minimum atomic E-state index is 0.0310. The Balaban J connectivity index is 1.24. The smallest absolute Gasteiger partial charge is 0.233 e. The maximum absolute atomic E-state index is 12.8. The third-order valence-corrected chi connectivity index (χ3v) is 5.70. The maximum atomic E-state index is 12.8. The molecular weight excluding hydrogens is 372 g/mol. The topological polar surface area (TPSA) is 93.5 Å². The molecule has 29 heavy (non-hydrogen) atoms. The first-order valence-corrected chi connectivity index (χ1v) is 10.1. The molecule has 0 N–H and O–H groups in total. The predicted molar refractivity (Wildman–Crippen MR) is 104 cm³/mol. The van der Waals surface area contributed by atoms with Gasteiger partial charge in [0, 0.05) is 70.3 Å². The van der Waals surface area contributed by atoms with Crippen LogP contribution in [0.3, 0.4) is 0 Å². The van der Waals surface area contributed by atoms with Gasteiger partial charge in [-0.15, -0.1) is 10.2 Å². The SMILES string of the molecule is CC(=O)N1CCC(C(=O)N2CCC(Oc3ccc(-n4cccn4)nn3)CC2)CC1. The van der Waals surface area contributed by atoms with Gasteiger partial charge in [0.25, 0.3) is 0 Å². The van der Waals surface area contributed by atoms with Gasteiger partial charge in [0.05, 0.1) is 0 Å². The average Bonchev–Trinajstić information content (AvgIpc) is 3.29. The highest BCUT2D eigenvalue weighted by Gasteiger charge is 2.31. The molecule has 0 saturated carbocycles. The number of carbonyl (C=O) groups excluding carboxylic acids is 2. The number of nitrogens with zero attached hydrogens (tertiary/aromatic N) is 6. The third-order valence-electron chi connectivity index (χ3n) is 5.70. The first-order chi connectivity index (χ1) is 14.1. The minimum Gasteiger partial charge on any atom is -0.473 e. The lowest BCUT2D eigenvalue weighted by atomic mass is 9.94. The number of hydrogen-bond donors (Lipinski definition) is 0. The van der Waals surface area contributed by atoms with Crippen molar-refractivity contribution in [2.45, 2.75) is 38.7 Å². The van der Waals surface area contributed by atoms with Crippen LogP contribution in [0.25, 0.3) is 5.82 Å². The summed E-state index contributed by atoms with van der Waals surface area (Å²) >= 11 is 0. The molecule has 2 saturated heterocycles.